The molecule has 0 aliphatic carbocycles. The van der Waals surface area contributed by atoms with E-state index in [9.17, 15) is 18.0 Å². The number of nitrogens with one attached hydrogen (secondary N) is 1. The molecule has 0 radical (unpaired) electrons. The van der Waals surface area contributed by atoms with Crippen molar-refractivity contribution in [2.75, 3.05) is 57.7 Å². The van der Waals surface area contributed by atoms with Crippen LogP contribution < -0.4 is 5.32 Å². The van der Waals surface area contributed by atoms with Crippen molar-refractivity contribution >= 4 is 27.7 Å². The van der Waals surface area contributed by atoms with Crippen LogP contribution in [0.5, 0.6) is 0 Å². The lowest BCUT2D eigenvalue weighted by atomic mass is 10.2. The van der Waals surface area contributed by atoms with Crippen molar-refractivity contribution in [2.45, 2.75) is 31.1 Å². The fraction of sp³-hybridized carbons (Fsp3) is 0.600. The SMILES string of the molecule is CCOC(=O)N1CCN(CC(=O)Nc2ccc(S(=O)(=O)N3CCCCC3)cc2)CC1. The maximum atomic E-state index is 12.7. The summed E-state index contributed by atoms with van der Waals surface area (Å²) in [5.41, 5.74) is 0.558. The van der Waals surface area contributed by atoms with E-state index in [4.69, 9.17) is 4.74 Å². The number of anilines is 1. The van der Waals surface area contributed by atoms with E-state index in [1.807, 2.05) is 4.90 Å². The summed E-state index contributed by atoms with van der Waals surface area (Å²) in [5, 5.41) is 2.81. The van der Waals surface area contributed by atoms with Gasteiger partial charge in [-0.05, 0) is 44.0 Å². The van der Waals surface area contributed by atoms with Crippen molar-refractivity contribution in [3.63, 3.8) is 0 Å². The van der Waals surface area contributed by atoms with Crippen LogP contribution in [0.3, 0.4) is 0 Å². The molecule has 1 N–H and O–H groups in total. The Hall–Kier alpha value is -2.17. The fourth-order valence-electron chi connectivity index (χ4n) is 3.67. The number of amides is 2. The molecule has 2 fully saturated rings. The molecule has 0 unspecified atom stereocenters. The van der Waals surface area contributed by atoms with E-state index in [1.165, 1.54) is 16.4 Å². The summed E-state index contributed by atoms with van der Waals surface area (Å²) < 4.78 is 31.9. The van der Waals surface area contributed by atoms with Crippen LogP contribution in [0.4, 0.5) is 10.5 Å². The van der Waals surface area contributed by atoms with Gasteiger partial charge in [0.25, 0.3) is 0 Å². The zero-order chi connectivity index (χ0) is 21.6. The third-order valence-electron chi connectivity index (χ3n) is 5.36. The van der Waals surface area contributed by atoms with E-state index in [-0.39, 0.29) is 23.4 Å². The molecule has 0 saturated carbocycles. The number of piperidine rings is 1. The number of carbonyl (C=O) groups is 2. The van der Waals surface area contributed by atoms with Crippen LogP contribution in [-0.4, -0.2) is 86.9 Å². The van der Waals surface area contributed by atoms with Crippen LogP contribution in [0, 0.1) is 0 Å². The molecule has 166 valence electrons. The first-order chi connectivity index (χ1) is 14.4. The lowest BCUT2D eigenvalue weighted by molar-refractivity contribution is -0.117. The second-order valence-electron chi connectivity index (χ2n) is 7.50. The lowest BCUT2D eigenvalue weighted by Gasteiger charge is -2.33. The van der Waals surface area contributed by atoms with Gasteiger partial charge in [-0.25, -0.2) is 13.2 Å². The summed E-state index contributed by atoms with van der Waals surface area (Å²) in [7, 11) is -3.48. The molecule has 2 aliphatic rings. The predicted molar refractivity (Wildman–Crippen MR) is 113 cm³/mol. The maximum Gasteiger partial charge on any atom is 0.409 e. The van der Waals surface area contributed by atoms with E-state index in [2.05, 4.69) is 5.32 Å². The molecular formula is C20H30N4O5S. The van der Waals surface area contributed by atoms with Gasteiger partial charge in [0.1, 0.15) is 0 Å². The first-order valence-electron chi connectivity index (χ1n) is 10.4. The van der Waals surface area contributed by atoms with Crippen LogP contribution in [0.25, 0.3) is 0 Å². The Labute approximate surface area is 178 Å². The van der Waals surface area contributed by atoms with Crippen LogP contribution in [0.1, 0.15) is 26.2 Å². The molecule has 3 rings (SSSR count). The van der Waals surface area contributed by atoms with E-state index >= 15 is 0 Å². The van der Waals surface area contributed by atoms with Crippen molar-refractivity contribution in [2.24, 2.45) is 0 Å². The summed E-state index contributed by atoms with van der Waals surface area (Å²) in [4.78, 5) is 27.9. The third kappa shape index (κ3) is 5.71. The smallest absolute Gasteiger partial charge is 0.409 e. The maximum absolute atomic E-state index is 12.7. The van der Waals surface area contributed by atoms with Crippen molar-refractivity contribution in [3.8, 4) is 0 Å². The minimum absolute atomic E-state index is 0.175. The Morgan fingerprint density at radius 1 is 0.967 bits per heavy atom. The highest BCUT2D eigenvalue weighted by atomic mass is 32.2. The van der Waals surface area contributed by atoms with E-state index < -0.39 is 10.0 Å². The average molecular weight is 439 g/mol. The molecular weight excluding hydrogens is 408 g/mol. The quantitative estimate of drug-likeness (QED) is 0.724. The monoisotopic (exact) mass is 438 g/mol. The van der Waals surface area contributed by atoms with Crippen LogP contribution in [0.2, 0.25) is 0 Å². The van der Waals surface area contributed by atoms with Gasteiger partial charge in [0.15, 0.2) is 0 Å². The van der Waals surface area contributed by atoms with Crippen LogP contribution in [0.15, 0.2) is 29.2 Å². The molecule has 1 aromatic rings. The number of carbonyl (C=O) groups excluding carboxylic acids is 2. The van der Waals surface area contributed by atoms with E-state index in [1.54, 1.807) is 24.0 Å². The Bertz CT molecular complexity index is 829. The van der Waals surface area contributed by atoms with Gasteiger partial charge < -0.3 is 15.0 Å². The third-order valence-corrected chi connectivity index (χ3v) is 7.27. The molecule has 9 nitrogen and oxygen atoms in total. The van der Waals surface area contributed by atoms with Crippen molar-refractivity contribution < 1.29 is 22.7 Å². The molecule has 0 aromatic heterocycles. The number of piperazine rings is 1. The summed E-state index contributed by atoms with van der Waals surface area (Å²) >= 11 is 0. The Balaban J connectivity index is 1.48. The fourth-order valence-corrected chi connectivity index (χ4v) is 5.19. The van der Waals surface area contributed by atoms with Gasteiger partial charge in [0.2, 0.25) is 15.9 Å². The molecule has 10 heteroatoms. The van der Waals surface area contributed by atoms with Gasteiger partial charge in [0, 0.05) is 45.0 Å². The Kier molecular flexibility index (Phi) is 7.68. The Morgan fingerprint density at radius 2 is 1.60 bits per heavy atom. The van der Waals surface area contributed by atoms with Crippen LogP contribution >= 0.6 is 0 Å². The molecule has 0 spiro atoms. The normalized spacial score (nSPS) is 18.8. The standard InChI is InChI=1S/C20H30N4O5S/c1-2-29-20(26)23-14-12-22(13-15-23)16-19(25)21-17-6-8-18(9-7-17)30(27,28)24-10-4-3-5-11-24/h6-9H,2-5,10-16H2,1H3,(H,21,25). The first-order valence-corrected chi connectivity index (χ1v) is 11.9. The van der Waals surface area contributed by atoms with Gasteiger partial charge >= 0.3 is 6.09 Å². The first kappa shape index (κ1) is 22.5. The van der Waals surface area contributed by atoms with E-state index in [0.29, 0.717) is 51.6 Å². The lowest BCUT2D eigenvalue weighted by Crippen LogP contribution is -2.50. The largest absolute Gasteiger partial charge is 0.450 e. The van der Waals surface area contributed by atoms with Crippen LogP contribution in [-0.2, 0) is 19.6 Å². The zero-order valence-electron chi connectivity index (χ0n) is 17.4. The van der Waals surface area contributed by atoms with Gasteiger partial charge in [-0.1, -0.05) is 6.42 Å². The van der Waals surface area contributed by atoms with Gasteiger partial charge in [0.05, 0.1) is 18.0 Å². The van der Waals surface area contributed by atoms with Gasteiger partial charge in [-0.3, -0.25) is 9.69 Å². The summed E-state index contributed by atoms with van der Waals surface area (Å²) in [6.07, 6.45) is 2.53. The second-order valence-corrected chi connectivity index (χ2v) is 9.44. The highest BCUT2D eigenvalue weighted by Gasteiger charge is 2.26. The molecule has 2 saturated heterocycles. The van der Waals surface area contributed by atoms with Gasteiger partial charge in [-0.15, -0.1) is 0 Å². The minimum atomic E-state index is -3.48. The number of hydrogen-bond acceptors (Lipinski definition) is 6. The summed E-state index contributed by atoms with van der Waals surface area (Å²) in [6.45, 7) is 5.69. The number of ether oxygens (including phenoxy) is 1. The van der Waals surface area contributed by atoms with E-state index in [0.717, 1.165) is 19.3 Å². The predicted octanol–water partition coefficient (Wildman–Crippen LogP) is 1.57. The number of benzene rings is 1. The Morgan fingerprint density at radius 3 is 2.20 bits per heavy atom. The van der Waals surface area contributed by atoms with Crippen molar-refractivity contribution in [1.82, 2.24) is 14.1 Å². The molecule has 1 aromatic carbocycles. The summed E-state index contributed by atoms with van der Waals surface area (Å²) in [6, 6.07) is 6.32. The number of rotatable bonds is 6. The minimum Gasteiger partial charge on any atom is -0.450 e. The van der Waals surface area contributed by atoms with Crippen molar-refractivity contribution in [1.29, 1.82) is 0 Å². The number of nitrogens with zero attached hydrogens (tertiary/aromatic N) is 3. The average Bonchev–Trinajstić information content (AvgIpc) is 2.75. The highest BCUT2D eigenvalue weighted by molar-refractivity contribution is 7.89. The number of sulfonamides is 1. The molecule has 0 bridgehead atoms. The van der Waals surface area contributed by atoms with Crippen molar-refractivity contribution in [3.05, 3.63) is 24.3 Å². The molecule has 30 heavy (non-hydrogen) atoms. The zero-order valence-corrected chi connectivity index (χ0v) is 18.2. The summed E-state index contributed by atoms with van der Waals surface area (Å²) in [5.74, 6) is -0.175. The molecule has 0 atom stereocenters. The topological polar surface area (TPSA) is 99.3 Å². The second kappa shape index (κ2) is 10.2. The van der Waals surface area contributed by atoms with Gasteiger partial charge in [-0.2, -0.15) is 4.31 Å². The molecule has 2 amide bonds. The molecule has 2 heterocycles. The molecule has 2 aliphatic heterocycles. The number of hydrogen-bond donors (Lipinski definition) is 1. The highest BCUT2D eigenvalue weighted by Crippen LogP contribution is 2.22.